The lowest BCUT2D eigenvalue weighted by molar-refractivity contribution is -0.143. The van der Waals surface area contributed by atoms with Crippen LogP contribution < -0.4 is 5.32 Å². The Kier molecular flexibility index (Phi) is 14.7. The number of nitrogens with one attached hydrogen (secondary N) is 1. The zero-order valence-corrected chi connectivity index (χ0v) is 15.2. The normalized spacial score (nSPS) is 10.6. The Balaban J connectivity index is 3.89. The van der Waals surface area contributed by atoms with Crippen molar-refractivity contribution in [3.63, 3.8) is 0 Å². The fourth-order valence-corrected chi connectivity index (χ4v) is 1.76. The molecule has 0 aromatic carbocycles. The predicted octanol–water partition coefficient (Wildman–Crippen LogP) is 0.0572. The lowest BCUT2D eigenvalue weighted by atomic mass is 10.1. The summed E-state index contributed by atoms with van der Waals surface area (Å²) in [6, 6.07) is -0.706. The molecule has 0 aliphatic carbocycles. The van der Waals surface area contributed by atoms with E-state index in [2.05, 4.69) is 14.8 Å². The molecule has 9 heteroatoms. The van der Waals surface area contributed by atoms with Crippen LogP contribution in [0.3, 0.4) is 0 Å². The van der Waals surface area contributed by atoms with Gasteiger partial charge in [-0.05, 0) is 6.42 Å². The first kappa shape index (κ1) is 23.3. The highest BCUT2D eigenvalue weighted by atomic mass is 16.5. The van der Waals surface area contributed by atoms with Crippen LogP contribution in [0, 0.1) is 0 Å². The SMILES string of the molecule is CCCOCCOCCOCC(=O)NC(CC(=O)OC)CC(=O)OC. The second kappa shape index (κ2) is 15.8. The third-order valence-corrected chi connectivity index (χ3v) is 2.97. The molecule has 0 bridgehead atoms. The number of amides is 1. The Labute approximate surface area is 148 Å². The van der Waals surface area contributed by atoms with E-state index in [-0.39, 0.29) is 26.1 Å². The predicted molar refractivity (Wildman–Crippen MR) is 87.9 cm³/mol. The van der Waals surface area contributed by atoms with Crippen molar-refractivity contribution in [1.29, 1.82) is 0 Å². The zero-order chi connectivity index (χ0) is 18.9. The molecule has 0 aromatic heterocycles. The molecule has 0 aliphatic heterocycles. The number of hydrogen-bond donors (Lipinski definition) is 1. The molecule has 0 aliphatic rings. The van der Waals surface area contributed by atoms with E-state index in [4.69, 9.17) is 14.2 Å². The smallest absolute Gasteiger partial charge is 0.307 e. The molecule has 0 rings (SSSR count). The minimum absolute atomic E-state index is 0.127. The van der Waals surface area contributed by atoms with Crippen LogP contribution in [0.5, 0.6) is 0 Å². The maximum absolute atomic E-state index is 11.8. The lowest BCUT2D eigenvalue weighted by Crippen LogP contribution is -2.40. The van der Waals surface area contributed by atoms with Gasteiger partial charge in [-0.25, -0.2) is 0 Å². The van der Waals surface area contributed by atoms with Crippen molar-refractivity contribution in [2.24, 2.45) is 0 Å². The first-order valence-corrected chi connectivity index (χ1v) is 8.19. The Morgan fingerprint density at radius 1 is 0.800 bits per heavy atom. The summed E-state index contributed by atoms with van der Waals surface area (Å²) < 4.78 is 24.8. The number of carbonyl (C=O) groups excluding carboxylic acids is 3. The minimum Gasteiger partial charge on any atom is -0.469 e. The average molecular weight is 363 g/mol. The maximum Gasteiger partial charge on any atom is 0.307 e. The molecule has 0 aromatic rings. The summed E-state index contributed by atoms with van der Waals surface area (Å²) in [6.07, 6.45) is 0.710. The van der Waals surface area contributed by atoms with Crippen LogP contribution in [0.1, 0.15) is 26.2 Å². The van der Waals surface area contributed by atoms with Gasteiger partial charge in [0.25, 0.3) is 0 Å². The van der Waals surface area contributed by atoms with E-state index in [1.807, 2.05) is 6.92 Å². The summed E-state index contributed by atoms with van der Waals surface area (Å²) in [5, 5.41) is 2.55. The summed E-state index contributed by atoms with van der Waals surface area (Å²) in [4.78, 5) is 34.4. The van der Waals surface area contributed by atoms with Crippen molar-refractivity contribution in [3.05, 3.63) is 0 Å². The minimum atomic E-state index is -0.706. The molecule has 9 nitrogen and oxygen atoms in total. The van der Waals surface area contributed by atoms with Gasteiger partial charge in [-0.15, -0.1) is 0 Å². The summed E-state index contributed by atoms with van der Waals surface area (Å²) in [5.41, 5.74) is 0. The van der Waals surface area contributed by atoms with Crippen LogP contribution in [0.2, 0.25) is 0 Å². The molecule has 0 saturated carbocycles. The first-order chi connectivity index (χ1) is 12.0. The first-order valence-electron chi connectivity index (χ1n) is 8.19. The molecule has 0 heterocycles. The fourth-order valence-electron chi connectivity index (χ4n) is 1.76. The van der Waals surface area contributed by atoms with Crippen LogP contribution in [0.15, 0.2) is 0 Å². The van der Waals surface area contributed by atoms with Gasteiger partial charge in [0.1, 0.15) is 6.61 Å². The van der Waals surface area contributed by atoms with Crippen molar-refractivity contribution in [1.82, 2.24) is 5.32 Å². The van der Waals surface area contributed by atoms with Crippen molar-refractivity contribution in [3.8, 4) is 0 Å². The summed E-state index contributed by atoms with van der Waals surface area (Å²) >= 11 is 0. The van der Waals surface area contributed by atoms with E-state index < -0.39 is 23.9 Å². The van der Waals surface area contributed by atoms with Crippen LogP contribution in [0.4, 0.5) is 0 Å². The monoisotopic (exact) mass is 363 g/mol. The van der Waals surface area contributed by atoms with Crippen molar-refractivity contribution in [2.45, 2.75) is 32.2 Å². The molecular weight excluding hydrogens is 334 g/mol. The zero-order valence-electron chi connectivity index (χ0n) is 15.2. The molecule has 1 N–H and O–H groups in total. The fraction of sp³-hybridized carbons (Fsp3) is 0.812. The summed E-state index contributed by atoms with van der Waals surface area (Å²) in [5.74, 6) is -1.51. The van der Waals surface area contributed by atoms with E-state index in [0.717, 1.165) is 6.42 Å². The number of rotatable bonds is 15. The van der Waals surface area contributed by atoms with Crippen molar-refractivity contribution >= 4 is 17.8 Å². The molecular formula is C16H29NO8. The Bertz CT molecular complexity index is 370. The van der Waals surface area contributed by atoms with Crippen molar-refractivity contribution in [2.75, 3.05) is 53.9 Å². The Morgan fingerprint density at radius 2 is 1.28 bits per heavy atom. The molecule has 0 spiro atoms. The maximum atomic E-state index is 11.8. The molecule has 0 radical (unpaired) electrons. The van der Waals surface area contributed by atoms with E-state index >= 15 is 0 Å². The van der Waals surface area contributed by atoms with Crippen LogP contribution in [-0.2, 0) is 38.1 Å². The van der Waals surface area contributed by atoms with Gasteiger partial charge in [-0.2, -0.15) is 0 Å². The second-order valence-corrected chi connectivity index (χ2v) is 5.10. The molecule has 0 unspecified atom stereocenters. The van der Waals surface area contributed by atoms with E-state index in [9.17, 15) is 14.4 Å². The van der Waals surface area contributed by atoms with Gasteiger partial charge in [0, 0.05) is 12.6 Å². The highest BCUT2D eigenvalue weighted by molar-refractivity contribution is 5.80. The van der Waals surface area contributed by atoms with Gasteiger partial charge in [0.05, 0.1) is 53.5 Å². The van der Waals surface area contributed by atoms with Crippen LogP contribution in [-0.4, -0.2) is 77.7 Å². The van der Waals surface area contributed by atoms with Gasteiger partial charge in [0.15, 0.2) is 0 Å². The van der Waals surface area contributed by atoms with Gasteiger partial charge >= 0.3 is 11.9 Å². The topological polar surface area (TPSA) is 109 Å². The summed E-state index contributed by atoms with van der Waals surface area (Å²) in [6.45, 7) is 4.12. The number of methoxy groups -OCH3 is 2. The standard InChI is InChI=1S/C16H29NO8/c1-4-5-23-6-7-24-8-9-25-12-14(18)17-13(10-15(19)21-2)11-16(20)22-3/h13H,4-12H2,1-3H3,(H,17,18). The molecule has 0 fully saturated rings. The van der Waals surface area contributed by atoms with E-state index in [1.165, 1.54) is 14.2 Å². The van der Waals surface area contributed by atoms with E-state index in [0.29, 0.717) is 26.4 Å². The lowest BCUT2D eigenvalue weighted by Gasteiger charge is -2.16. The van der Waals surface area contributed by atoms with Gasteiger partial charge < -0.3 is 29.0 Å². The number of esters is 2. The van der Waals surface area contributed by atoms with E-state index in [1.54, 1.807) is 0 Å². The molecule has 25 heavy (non-hydrogen) atoms. The van der Waals surface area contributed by atoms with Gasteiger partial charge in [-0.3, -0.25) is 14.4 Å². The molecule has 0 atom stereocenters. The van der Waals surface area contributed by atoms with Gasteiger partial charge in [0.2, 0.25) is 5.91 Å². The van der Waals surface area contributed by atoms with Crippen LogP contribution in [0.25, 0.3) is 0 Å². The summed E-state index contributed by atoms with van der Waals surface area (Å²) in [7, 11) is 2.46. The molecule has 146 valence electrons. The second-order valence-electron chi connectivity index (χ2n) is 5.10. The van der Waals surface area contributed by atoms with Crippen molar-refractivity contribution < 1.29 is 38.1 Å². The Morgan fingerprint density at radius 3 is 1.76 bits per heavy atom. The number of ether oxygens (including phenoxy) is 5. The average Bonchev–Trinajstić information content (AvgIpc) is 2.59. The van der Waals surface area contributed by atoms with Gasteiger partial charge in [-0.1, -0.05) is 6.92 Å². The highest BCUT2D eigenvalue weighted by Crippen LogP contribution is 2.02. The number of hydrogen-bond acceptors (Lipinski definition) is 8. The third-order valence-electron chi connectivity index (χ3n) is 2.97. The quantitative estimate of drug-likeness (QED) is 0.321. The molecule has 0 saturated heterocycles. The Hall–Kier alpha value is -1.71. The number of carbonyl (C=O) groups is 3. The molecule has 1 amide bonds. The van der Waals surface area contributed by atoms with Crippen LogP contribution >= 0.6 is 0 Å². The highest BCUT2D eigenvalue weighted by Gasteiger charge is 2.20. The third kappa shape index (κ3) is 14.3. The largest absolute Gasteiger partial charge is 0.469 e.